The third-order valence-corrected chi connectivity index (χ3v) is 7.51. The molecule has 1 aliphatic heterocycles. The number of amides is 1. The van der Waals surface area contributed by atoms with Gasteiger partial charge in [-0.1, -0.05) is 0 Å². The topological polar surface area (TPSA) is 104 Å². The van der Waals surface area contributed by atoms with Crippen LogP contribution in [0, 0.1) is 0 Å². The van der Waals surface area contributed by atoms with Crippen LogP contribution in [0.25, 0.3) is 27.6 Å². The third kappa shape index (κ3) is 5.96. The molecule has 0 aliphatic carbocycles. The van der Waals surface area contributed by atoms with Crippen molar-refractivity contribution in [2.45, 2.75) is 57.9 Å². The van der Waals surface area contributed by atoms with Gasteiger partial charge in [0.1, 0.15) is 22.8 Å². The molecule has 0 radical (unpaired) electrons. The summed E-state index contributed by atoms with van der Waals surface area (Å²) in [6, 6.07) is 2.38. The number of nitrogens with zero attached hydrogens (tertiary/aromatic N) is 4. The molecule has 4 rings (SSSR count). The average Bonchev–Trinajstić information content (AvgIpc) is 3.45. The smallest absolute Gasteiger partial charge is 0.444 e. The molecule has 0 fully saturated rings. The molecule has 0 spiro atoms. The normalized spacial score (nSPS) is 17.0. The van der Waals surface area contributed by atoms with E-state index in [-0.39, 0.29) is 52.5 Å². The van der Waals surface area contributed by atoms with E-state index in [0.29, 0.717) is 11.8 Å². The standard InChI is InChI=1S/C24H23F5N4O5S2/c1-13-11-33-15(12-32(13)22(34)37-23(2,3)4)10-18(31-33)19-17(9-14(26)5-7-25)20-16(6-8-39-20)21(30-19)38-40(35,36)24(27,28)29/h5-10,13H,11-12H2,1-4H3/b7-5+,14-9?. The van der Waals surface area contributed by atoms with Crippen LogP contribution in [0.3, 0.4) is 0 Å². The van der Waals surface area contributed by atoms with Gasteiger partial charge < -0.3 is 8.92 Å². The number of halogens is 5. The molecule has 3 aromatic heterocycles. The van der Waals surface area contributed by atoms with E-state index in [1.165, 1.54) is 22.4 Å². The second-order valence-electron chi connectivity index (χ2n) is 9.81. The molecule has 1 unspecified atom stereocenters. The molecule has 0 N–H and O–H groups in total. The zero-order valence-electron chi connectivity index (χ0n) is 21.5. The Bertz CT molecular complexity index is 1620. The number of pyridine rings is 1. The van der Waals surface area contributed by atoms with Crippen LogP contribution in [-0.2, 0) is 27.9 Å². The molecular weight excluding hydrogens is 583 g/mol. The number of hydrogen-bond donors (Lipinski definition) is 0. The summed E-state index contributed by atoms with van der Waals surface area (Å²) in [5, 5.41) is 5.72. The monoisotopic (exact) mass is 606 g/mol. The zero-order valence-corrected chi connectivity index (χ0v) is 23.1. The first-order valence-corrected chi connectivity index (χ1v) is 13.9. The van der Waals surface area contributed by atoms with E-state index in [1.807, 2.05) is 0 Å². The molecule has 1 aliphatic rings. The molecule has 0 saturated carbocycles. The first-order valence-electron chi connectivity index (χ1n) is 11.6. The molecule has 4 heterocycles. The van der Waals surface area contributed by atoms with Gasteiger partial charge in [0, 0.05) is 16.3 Å². The van der Waals surface area contributed by atoms with Gasteiger partial charge in [0.05, 0.1) is 36.5 Å². The van der Waals surface area contributed by atoms with Crippen LogP contribution in [0.5, 0.6) is 5.88 Å². The predicted octanol–water partition coefficient (Wildman–Crippen LogP) is 6.32. The van der Waals surface area contributed by atoms with Gasteiger partial charge in [-0.15, -0.1) is 11.3 Å². The highest BCUT2D eigenvalue weighted by atomic mass is 32.2. The fraction of sp³-hybridized carbons (Fsp3) is 0.375. The second-order valence-corrected chi connectivity index (χ2v) is 12.3. The van der Waals surface area contributed by atoms with E-state index in [1.54, 1.807) is 32.4 Å². The van der Waals surface area contributed by atoms with Crippen LogP contribution < -0.4 is 4.18 Å². The van der Waals surface area contributed by atoms with Gasteiger partial charge in [0.2, 0.25) is 5.88 Å². The van der Waals surface area contributed by atoms with Crippen LogP contribution in [-0.4, -0.2) is 51.3 Å². The summed E-state index contributed by atoms with van der Waals surface area (Å²) in [6.07, 6.45) is 0.803. The maximum absolute atomic E-state index is 14.5. The zero-order chi connectivity index (χ0) is 29.6. The summed E-state index contributed by atoms with van der Waals surface area (Å²) in [4.78, 5) is 18.2. The van der Waals surface area contributed by atoms with E-state index in [9.17, 15) is 35.2 Å². The average molecular weight is 607 g/mol. The molecule has 40 heavy (non-hydrogen) atoms. The largest absolute Gasteiger partial charge is 0.534 e. The van der Waals surface area contributed by atoms with Crippen LogP contribution in [0.2, 0.25) is 0 Å². The Labute approximate surface area is 229 Å². The maximum atomic E-state index is 14.5. The van der Waals surface area contributed by atoms with E-state index >= 15 is 0 Å². The lowest BCUT2D eigenvalue weighted by Crippen LogP contribution is -2.46. The minimum atomic E-state index is -6.10. The molecule has 3 aromatic rings. The van der Waals surface area contributed by atoms with Gasteiger partial charge in [-0.25, -0.2) is 18.6 Å². The van der Waals surface area contributed by atoms with Gasteiger partial charge in [0.25, 0.3) is 0 Å². The number of carbonyl (C=O) groups excluding carboxylic acids is 1. The van der Waals surface area contributed by atoms with E-state index in [2.05, 4.69) is 14.3 Å². The predicted molar refractivity (Wildman–Crippen MR) is 137 cm³/mol. The van der Waals surface area contributed by atoms with Crippen LogP contribution in [0.1, 0.15) is 39.0 Å². The molecule has 16 heteroatoms. The first-order chi connectivity index (χ1) is 18.5. The van der Waals surface area contributed by atoms with Crippen molar-refractivity contribution in [3.8, 4) is 17.3 Å². The van der Waals surface area contributed by atoms with Crippen molar-refractivity contribution in [3.63, 3.8) is 0 Å². The molecule has 9 nitrogen and oxygen atoms in total. The number of carbonyl (C=O) groups is 1. The lowest BCUT2D eigenvalue weighted by Gasteiger charge is -2.35. The van der Waals surface area contributed by atoms with Crippen molar-refractivity contribution >= 4 is 43.7 Å². The second kappa shape index (κ2) is 10.5. The minimum Gasteiger partial charge on any atom is -0.444 e. The molecule has 1 atom stereocenters. The molecular formula is C24H23F5N4O5S2. The molecule has 0 bridgehead atoms. The van der Waals surface area contributed by atoms with E-state index < -0.39 is 39.0 Å². The lowest BCUT2D eigenvalue weighted by molar-refractivity contribution is -0.0500. The van der Waals surface area contributed by atoms with Crippen molar-refractivity contribution in [2.75, 3.05) is 0 Å². The highest BCUT2D eigenvalue weighted by molar-refractivity contribution is 7.88. The third-order valence-electron chi connectivity index (χ3n) is 5.62. The number of hydrogen-bond acceptors (Lipinski definition) is 8. The molecule has 0 saturated heterocycles. The molecule has 0 aromatic carbocycles. The Kier molecular flexibility index (Phi) is 7.70. The van der Waals surface area contributed by atoms with Crippen molar-refractivity contribution < 1.29 is 44.1 Å². The Morgan fingerprint density at radius 2 is 1.95 bits per heavy atom. The number of aromatic nitrogens is 3. The summed E-state index contributed by atoms with van der Waals surface area (Å²) in [6.45, 7) is 7.20. The fourth-order valence-electron chi connectivity index (χ4n) is 3.91. The van der Waals surface area contributed by atoms with Crippen LogP contribution in [0.4, 0.5) is 26.7 Å². The quantitative estimate of drug-likeness (QED) is 0.145. The number of allylic oxidation sites excluding steroid dienone is 2. The van der Waals surface area contributed by atoms with Gasteiger partial charge in [-0.3, -0.25) is 9.58 Å². The van der Waals surface area contributed by atoms with Crippen LogP contribution in [0.15, 0.2) is 35.7 Å². The summed E-state index contributed by atoms with van der Waals surface area (Å²) >= 11 is 0.946. The fourth-order valence-corrected chi connectivity index (χ4v) is 5.24. The van der Waals surface area contributed by atoms with Gasteiger partial charge in [-0.05, 0) is 51.3 Å². The number of thiophene rings is 1. The Morgan fingerprint density at radius 3 is 2.58 bits per heavy atom. The highest BCUT2D eigenvalue weighted by Gasteiger charge is 2.49. The van der Waals surface area contributed by atoms with Crippen molar-refractivity contribution in [1.82, 2.24) is 19.7 Å². The number of rotatable bonds is 5. The highest BCUT2D eigenvalue weighted by Crippen LogP contribution is 2.40. The first kappa shape index (κ1) is 29.5. The summed E-state index contributed by atoms with van der Waals surface area (Å²) in [7, 11) is -6.10. The summed E-state index contributed by atoms with van der Waals surface area (Å²) in [5.41, 5.74) is -6.17. The van der Waals surface area contributed by atoms with Crippen molar-refractivity contribution in [3.05, 3.63) is 47.0 Å². The molecule has 216 valence electrons. The molecule has 1 amide bonds. The summed E-state index contributed by atoms with van der Waals surface area (Å²) in [5.74, 6) is -1.94. The van der Waals surface area contributed by atoms with Crippen molar-refractivity contribution in [2.24, 2.45) is 0 Å². The summed E-state index contributed by atoms with van der Waals surface area (Å²) < 4.78 is 102. The Balaban J connectivity index is 1.86. The lowest BCUT2D eigenvalue weighted by atomic mass is 10.1. The SMILES string of the molecule is CC1Cn2nc(-c3nc(OS(=O)(=O)C(F)(F)F)c4ccsc4c3C=C(F)/C=C/F)cc2CN1C(=O)OC(C)(C)C. The van der Waals surface area contributed by atoms with Gasteiger partial charge in [-0.2, -0.15) is 26.7 Å². The number of ether oxygens (including phenoxy) is 1. The van der Waals surface area contributed by atoms with E-state index in [4.69, 9.17) is 4.74 Å². The van der Waals surface area contributed by atoms with E-state index in [0.717, 1.165) is 17.4 Å². The number of alkyl halides is 3. The Morgan fingerprint density at radius 1 is 1.25 bits per heavy atom. The van der Waals surface area contributed by atoms with Gasteiger partial charge >= 0.3 is 21.7 Å². The van der Waals surface area contributed by atoms with Crippen LogP contribution >= 0.6 is 11.3 Å². The minimum absolute atomic E-state index is 0.00449. The Hall–Kier alpha value is -3.53. The maximum Gasteiger partial charge on any atom is 0.534 e. The van der Waals surface area contributed by atoms with Gasteiger partial charge in [0.15, 0.2) is 0 Å². The number of fused-ring (bicyclic) bond motifs is 2. The van der Waals surface area contributed by atoms with Crippen molar-refractivity contribution in [1.29, 1.82) is 0 Å².